The second-order valence-corrected chi connectivity index (χ2v) is 2.18. The molecule has 2 rings (SSSR count). The summed E-state index contributed by atoms with van der Waals surface area (Å²) in [6.45, 7) is 0. The molecule has 0 aliphatic carbocycles. The second kappa shape index (κ2) is 9.46. The zero-order valence-corrected chi connectivity index (χ0v) is 9.80. The van der Waals surface area contributed by atoms with E-state index in [1.807, 2.05) is 54.6 Å². The molecule has 1 heterocycles. The molecule has 0 amide bonds. The van der Waals surface area contributed by atoms with Crippen LogP contribution in [0.1, 0.15) is 1.43 Å². The van der Waals surface area contributed by atoms with Crippen molar-refractivity contribution < 1.29 is 31.0 Å². The largest absolute Gasteiger partial charge is 1.00 e. The molecule has 2 heteroatoms. The molecule has 1 nitrogen and oxygen atoms in total. The van der Waals surface area contributed by atoms with Crippen LogP contribution in [0.4, 0.5) is 0 Å². The van der Waals surface area contributed by atoms with Gasteiger partial charge in [0.05, 0.1) is 0 Å². The predicted molar refractivity (Wildman–Crippen MR) is 51.8 cm³/mol. The molecule has 0 atom stereocenters. The van der Waals surface area contributed by atoms with Gasteiger partial charge in [-0.25, -0.2) is 0 Å². The van der Waals surface area contributed by atoms with E-state index in [1.165, 1.54) is 0 Å². The van der Waals surface area contributed by atoms with Crippen molar-refractivity contribution in [3.05, 3.63) is 67.0 Å². The van der Waals surface area contributed by atoms with Crippen molar-refractivity contribution in [1.29, 1.82) is 0 Å². The number of hydrogen-bond donors (Lipinski definition) is 0. The van der Waals surface area contributed by atoms with Crippen molar-refractivity contribution in [2.45, 2.75) is 0 Å². The number of pyridine rings is 1. The maximum atomic E-state index is 3.78. The zero-order chi connectivity index (χ0) is 8.49. The first-order valence-corrected chi connectivity index (χ1v) is 3.85. The monoisotopic (exact) mass is 181 g/mol. The van der Waals surface area contributed by atoms with Gasteiger partial charge in [-0.2, -0.15) is 0 Å². The summed E-state index contributed by atoms with van der Waals surface area (Å²) in [5, 5.41) is 0. The minimum absolute atomic E-state index is 0. The van der Waals surface area contributed by atoms with E-state index in [2.05, 4.69) is 4.98 Å². The first kappa shape index (κ1) is 12.4. The summed E-state index contributed by atoms with van der Waals surface area (Å²) in [5.74, 6) is 0. The van der Waals surface area contributed by atoms with Crippen LogP contribution in [0.2, 0.25) is 0 Å². The van der Waals surface area contributed by atoms with Gasteiger partial charge in [-0.15, -0.1) is 0 Å². The quantitative estimate of drug-likeness (QED) is 0.517. The van der Waals surface area contributed by atoms with Crippen LogP contribution < -0.4 is 29.6 Å². The van der Waals surface area contributed by atoms with Crippen molar-refractivity contribution in [3.63, 3.8) is 0 Å². The van der Waals surface area contributed by atoms with Crippen LogP contribution in [0.5, 0.6) is 0 Å². The van der Waals surface area contributed by atoms with Gasteiger partial charge < -0.3 is 1.43 Å². The van der Waals surface area contributed by atoms with E-state index in [0.29, 0.717) is 0 Å². The molecule has 1 aromatic carbocycles. The number of benzene rings is 1. The Morgan fingerprint density at radius 2 is 0.846 bits per heavy atom. The fraction of sp³-hybridized carbons (Fsp3) is 0. The molecule has 0 aliphatic rings. The Hall–Kier alpha value is -0.630. The fourth-order valence-corrected chi connectivity index (χ4v) is 0.698. The predicted octanol–water partition coefficient (Wildman–Crippen LogP) is -0.115. The third-order valence-electron chi connectivity index (χ3n) is 1.23. The van der Waals surface area contributed by atoms with Crippen LogP contribution in [0.15, 0.2) is 67.0 Å². The van der Waals surface area contributed by atoms with E-state index >= 15 is 0 Å². The third-order valence-corrected chi connectivity index (χ3v) is 1.23. The van der Waals surface area contributed by atoms with Gasteiger partial charge >= 0.3 is 29.6 Å². The van der Waals surface area contributed by atoms with Gasteiger partial charge in [-0.3, -0.25) is 4.98 Å². The van der Waals surface area contributed by atoms with Crippen LogP contribution in [0.25, 0.3) is 0 Å². The summed E-state index contributed by atoms with van der Waals surface area (Å²) in [6, 6.07) is 17.7. The first-order valence-electron chi connectivity index (χ1n) is 3.85. The average molecular weight is 181 g/mol. The summed E-state index contributed by atoms with van der Waals surface area (Å²) in [7, 11) is 0. The van der Waals surface area contributed by atoms with E-state index in [1.54, 1.807) is 12.4 Å². The number of aromatic nitrogens is 1. The summed E-state index contributed by atoms with van der Waals surface area (Å²) in [4.78, 5) is 3.78. The third kappa shape index (κ3) is 7.72. The van der Waals surface area contributed by atoms with Gasteiger partial charge in [0.1, 0.15) is 0 Å². The standard InChI is InChI=1S/C6H6.C5H5N.Na.H/c2*1-2-4-6-5-3-1;;/h1-6H;1-5H;;/q;;+1;-1. The van der Waals surface area contributed by atoms with Crippen molar-refractivity contribution >= 4 is 0 Å². The van der Waals surface area contributed by atoms with Crippen molar-refractivity contribution in [2.75, 3.05) is 0 Å². The van der Waals surface area contributed by atoms with Crippen LogP contribution in [-0.2, 0) is 0 Å². The Morgan fingerprint density at radius 3 is 1.00 bits per heavy atom. The first-order chi connectivity index (χ1) is 6.00. The number of nitrogens with zero attached hydrogens (tertiary/aromatic N) is 1. The molecule has 0 radical (unpaired) electrons. The normalized spacial score (nSPS) is 7.38. The van der Waals surface area contributed by atoms with Gasteiger partial charge in [-0.05, 0) is 12.1 Å². The van der Waals surface area contributed by atoms with E-state index in [-0.39, 0.29) is 31.0 Å². The van der Waals surface area contributed by atoms with Gasteiger partial charge in [0.2, 0.25) is 0 Å². The number of rotatable bonds is 0. The Bertz CT molecular complexity index is 191. The molecule has 0 unspecified atom stereocenters. The van der Waals surface area contributed by atoms with Crippen molar-refractivity contribution in [1.82, 2.24) is 4.98 Å². The maximum Gasteiger partial charge on any atom is 1.00 e. The minimum Gasteiger partial charge on any atom is -1.00 e. The summed E-state index contributed by atoms with van der Waals surface area (Å²) < 4.78 is 0. The number of hydrogen-bond acceptors (Lipinski definition) is 1. The van der Waals surface area contributed by atoms with E-state index in [0.717, 1.165) is 0 Å². The van der Waals surface area contributed by atoms with Crippen LogP contribution in [0.3, 0.4) is 0 Å². The molecule has 1 aromatic heterocycles. The van der Waals surface area contributed by atoms with Crippen molar-refractivity contribution in [2.24, 2.45) is 0 Å². The summed E-state index contributed by atoms with van der Waals surface area (Å²) in [5.41, 5.74) is 0. The molecule has 0 fully saturated rings. The molecule has 0 bridgehead atoms. The Labute approximate surface area is 103 Å². The molecule has 0 saturated carbocycles. The van der Waals surface area contributed by atoms with Crippen LogP contribution >= 0.6 is 0 Å². The van der Waals surface area contributed by atoms with Gasteiger partial charge in [0.15, 0.2) is 0 Å². The van der Waals surface area contributed by atoms with Crippen LogP contribution in [-0.4, -0.2) is 4.98 Å². The molecular formula is C11H12NNa. The SMILES string of the molecule is [H-].[Na+].c1ccccc1.c1ccncc1. The van der Waals surface area contributed by atoms with E-state index in [4.69, 9.17) is 0 Å². The Kier molecular flexibility index (Phi) is 9.00. The molecule has 0 N–H and O–H groups in total. The molecular weight excluding hydrogens is 169 g/mol. The van der Waals surface area contributed by atoms with Gasteiger partial charge in [0, 0.05) is 12.4 Å². The van der Waals surface area contributed by atoms with Crippen molar-refractivity contribution in [3.8, 4) is 0 Å². The smallest absolute Gasteiger partial charge is 1.00 e. The van der Waals surface area contributed by atoms with Gasteiger partial charge in [-0.1, -0.05) is 42.5 Å². The van der Waals surface area contributed by atoms with Gasteiger partial charge in [0.25, 0.3) is 0 Å². The van der Waals surface area contributed by atoms with Crippen LogP contribution in [0, 0.1) is 0 Å². The maximum absolute atomic E-state index is 3.78. The molecule has 2 aromatic rings. The minimum atomic E-state index is 0. The molecule has 0 saturated heterocycles. The van der Waals surface area contributed by atoms with E-state index < -0.39 is 0 Å². The molecule has 62 valence electrons. The topological polar surface area (TPSA) is 12.9 Å². The summed E-state index contributed by atoms with van der Waals surface area (Å²) >= 11 is 0. The molecule has 13 heavy (non-hydrogen) atoms. The second-order valence-electron chi connectivity index (χ2n) is 2.18. The zero-order valence-electron chi connectivity index (χ0n) is 8.80. The molecule has 0 spiro atoms. The molecule has 0 aliphatic heterocycles. The Morgan fingerprint density at radius 1 is 0.538 bits per heavy atom. The summed E-state index contributed by atoms with van der Waals surface area (Å²) in [6.07, 6.45) is 3.50. The average Bonchev–Trinajstić information content (AvgIpc) is 2.24. The van der Waals surface area contributed by atoms with E-state index in [9.17, 15) is 0 Å². The fourth-order valence-electron chi connectivity index (χ4n) is 0.698. The Balaban J connectivity index is 0.